The van der Waals surface area contributed by atoms with Gasteiger partial charge in [-0.2, -0.15) is 0 Å². The van der Waals surface area contributed by atoms with E-state index in [1.165, 1.54) is 25.7 Å². The van der Waals surface area contributed by atoms with Crippen LogP contribution in [0.25, 0.3) is 0 Å². The third-order valence-corrected chi connectivity index (χ3v) is 3.09. The predicted octanol–water partition coefficient (Wildman–Crippen LogP) is 1.61. The fourth-order valence-electron chi connectivity index (χ4n) is 2.32. The fraction of sp³-hybridized carbons (Fsp3) is 1.00. The Morgan fingerprint density at radius 1 is 1.27 bits per heavy atom. The van der Waals surface area contributed by atoms with Crippen LogP contribution in [0.5, 0.6) is 0 Å². The molecule has 3 nitrogen and oxygen atoms in total. The van der Waals surface area contributed by atoms with Crippen molar-refractivity contribution in [2.24, 2.45) is 5.73 Å². The average Bonchev–Trinajstić information content (AvgIpc) is 2.68. The zero-order chi connectivity index (χ0) is 11.1. The summed E-state index contributed by atoms with van der Waals surface area (Å²) in [6.07, 6.45) is 5.81. The van der Waals surface area contributed by atoms with Crippen molar-refractivity contribution in [3.8, 4) is 0 Å². The molecule has 0 radical (unpaired) electrons. The molecule has 1 aliphatic carbocycles. The Morgan fingerprint density at radius 2 is 1.93 bits per heavy atom. The van der Waals surface area contributed by atoms with Crippen molar-refractivity contribution in [3.63, 3.8) is 0 Å². The first kappa shape index (κ1) is 12.9. The Hall–Kier alpha value is -0.120. The van der Waals surface area contributed by atoms with Gasteiger partial charge in [-0.15, -0.1) is 0 Å². The summed E-state index contributed by atoms with van der Waals surface area (Å²) in [6, 6.07) is 0.768. The Kier molecular flexibility index (Phi) is 6.22. The lowest BCUT2D eigenvalue weighted by Gasteiger charge is -2.28. The minimum absolute atomic E-state index is 0.341. The minimum Gasteiger partial charge on any atom is -0.377 e. The van der Waals surface area contributed by atoms with E-state index in [0.717, 1.165) is 32.3 Å². The van der Waals surface area contributed by atoms with Gasteiger partial charge < -0.3 is 10.5 Å². The molecule has 0 unspecified atom stereocenters. The quantitative estimate of drug-likeness (QED) is 0.700. The van der Waals surface area contributed by atoms with Gasteiger partial charge in [-0.25, -0.2) is 0 Å². The smallest absolute Gasteiger partial charge is 0.0597 e. The molecule has 0 heterocycles. The highest BCUT2D eigenvalue weighted by Gasteiger charge is 2.21. The maximum atomic E-state index is 5.65. The number of ether oxygens (including phenoxy) is 1. The van der Waals surface area contributed by atoms with E-state index < -0.39 is 0 Å². The molecule has 0 spiro atoms. The standard InChI is InChI=1S/C12H26N2O/c1-11(2)15-10-9-14(8-7-13)12-5-3-4-6-12/h11-12H,3-10,13H2,1-2H3. The van der Waals surface area contributed by atoms with E-state index in [0.29, 0.717) is 6.10 Å². The van der Waals surface area contributed by atoms with Crippen molar-refractivity contribution < 1.29 is 4.74 Å². The first-order valence-corrected chi connectivity index (χ1v) is 6.29. The number of nitrogens with zero attached hydrogens (tertiary/aromatic N) is 1. The Morgan fingerprint density at radius 3 is 2.47 bits per heavy atom. The molecule has 1 fully saturated rings. The first-order valence-electron chi connectivity index (χ1n) is 6.29. The van der Waals surface area contributed by atoms with Crippen LogP contribution in [0, 0.1) is 0 Å². The van der Waals surface area contributed by atoms with Crippen LogP contribution in [0.15, 0.2) is 0 Å². The maximum Gasteiger partial charge on any atom is 0.0597 e. The van der Waals surface area contributed by atoms with Crippen LogP contribution in [0.3, 0.4) is 0 Å². The predicted molar refractivity (Wildman–Crippen MR) is 64.0 cm³/mol. The summed E-state index contributed by atoms with van der Waals surface area (Å²) in [4.78, 5) is 2.51. The second kappa shape index (κ2) is 7.20. The van der Waals surface area contributed by atoms with Crippen molar-refractivity contribution in [1.82, 2.24) is 4.90 Å². The molecule has 0 amide bonds. The van der Waals surface area contributed by atoms with Crippen molar-refractivity contribution in [1.29, 1.82) is 0 Å². The molecule has 2 N–H and O–H groups in total. The van der Waals surface area contributed by atoms with E-state index in [4.69, 9.17) is 10.5 Å². The van der Waals surface area contributed by atoms with Gasteiger partial charge in [-0.3, -0.25) is 4.90 Å². The van der Waals surface area contributed by atoms with Gasteiger partial charge in [0.25, 0.3) is 0 Å². The van der Waals surface area contributed by atoms with Crippen LogP contribution in [0.4, 0.5) is 0 Å². The monoisotopic (exact) mass is 214 g/mol. The van der Waals surface area contributed by atoms with Gasteiger partial charge in [0.15, 0.2) is 0 Å². The van der Waals surface area contributed by atoms with E-state index in [9.17, 15) is 0 Å². The van der Waals surface area contributed by atoms with Crippen LogP contribution in [-0.4, -0.2) is 43.3 Å². The van der Waals surface area contributed by atoms with Crippen LogP contribution in [0.1, 0.15) is 39.5 Å². The summed E-state index contributed by atoms with van der Waals surface area (Å²) >= 11 is 0. The summed E-state index contributed by atoms with van der Waals surface area (Å²) < 4.78 is 5.60. The second-order valence-electron chi connectivity index (χ2n) is 4.68. The molecule has 15 heavy (non-hydrogen) atoms. The normalized spacial score (nSPS) is 18.2. The van der Waals surface area contributed by atoms with Crippen molar-refractivity contribution in [2.45, 2.75) is 51.7 Å². The van der Waals surface area contributed by atoms with Crippen molar-refractivity contribution >= 4 is 0 Å². The summed E-state index contributed by atoms with van der Waals surface area (Å²) in [5, 5.41) is 0. The molecule has 1 saturated carbocycles. The number of nitrogens with two attached hydrogens (primary N) is 1. The number of hydrogen-bond donors (Lipinski definition) is 1. The molecule has 0 saturated heterocycles. The van der Waals surface area contributed by atoms with Crippen LogP contribution >= 0.6 is 0 Å². The van der Waals surface area contributed by atoms with Crippen LogP contribution in [0.2, 0.25) is 0 Å². The summed E-state index contributed by atoms with van der Waals surface area (Å²) in [5.41, 5.74) is 5.65. The van der Waals surface area contributed by atoms with Gasteiger partial charge in [0.1, 0.15) is 0 Å². The molecule has 0 bridgehead atoms. The molecule has 1 aliphatic rings. The molecule has 0 aliphatic heterocycles. The van der Waals surface area contributed by atoms with E-state index in [-0.39, 0.29) is 0 Å². The summed E-state index contributed by atoms with van der Waals surface area (Å²) in [7, 11) is 0. The lowest BCUT2D eigenvalue weighted by atomic mass is 10.2. The average molecular weight is 214 g/mol. The Labute approximate surface area is 94.0 Å². The van der Waals surface area contributed by atoms with E-state index in [1.54, 1.807) is 0 Å². The lowest BCUT2D eigenvalue weighted by molar-refractivity contribution is 0.0501. The third-order valence-electron chi connectivity index (χ3n) is 3.09. The molecular weight excluding hydrogens is 188 g/mol. The van der Waals surface area contributed by atoms with E-state index in [2.05, 4.69) is 18.7 Å². The van der Waals surface area contributed by atoms with Crippen molar-refractivity contribution in [3.05, 3.63) is 0 Å². The first-order chi connectivity index (χ1) is 7.24. The molecular formula is C12H26N2O. The molecule has 90 valence electrons. The summed E-state index contributed by atoms with van der Waals surface area (Å²) in [6.45, 7) is 7.84. The van der Waals surface area contributed by atoms with Crippen molar-refractivity contribution in [2.75, 3.05) is 26.2 Å². The lowest BCUT2D eigenvalue weighted by Crippen LogP contribution is -2.39. The molecule has 0 atom stereocenters. The minimum atomic E-state index is 0.341. The Balaban J connectivity index is 2.23. The van der Waals surface area contributed by atoms with Gasteiger partial charge in [-0.05, 0) is 26.7 Å². The van der Waals surface area contributed by atoms with Gasteiger partial charge in [0.2, 0.25) is 0 Å². The molecule has 0 aromatic heterocycles. The third kappa shape index (κ3) is 4.96. The van der Waals surface area contributed by atoms with Gasteiger partial charge in [0.05, 0.1) is 12.7 Å². The molecule has 3 heteroatoms. The highest BCUT2D eigenvalue weighted by molar-refractivity contribution is 4.77. The molecule has 0 aromatic carbocycles. The fourth-order valence-corrected chi connectivity index (χ4v) is 2.32. The number of hydrogen-bond acceptors (Lipinski definition) is 3. The second-order valence-corrected chi connectivity index (χ2v) is 4.68. The van der Waals surface area contributed by atoms with Crippen LogP contribution < -0.4 is 5.73 Å². The Bertz CT molecular complexity index is 156. The van der Waals surface area contributed by atoms with Gasteiger partial charge >= 0.3 is 0 Å². The summed E-state index contributed by atoms with van der Waals surface area (Å²) in [5.74, 6) is 0. The van der Waals surface area contributed by atoms with Crippen LogP contribution in [-0.2, 0) is 4.74 Å². The number of rotatable bonds is 7. The largest absolute Gasteiger partial charge is 0.377 e. The van der Waals surface area contributed by atoms with E-state index in [1.807, 2.05) is 0 Å². The van der Waals surface area contributed by atoms with Gasteiger partial charge in [0, 0.05) is 25.7 Å². The van der Waals surface area contributed by atoms with Gasteiger partial charge in [-0.1, -0.05) is 12.8 Å². The molecule has 0 aromatic rings. The zero-order valence-electron chi connectivity index (χ0n) is 10.2. The highest BCUT2D eigenvalue weighted by atomic mass is 16.5. The topological polar surface area (TPSA) is 38.5 Å². The SMILES string of the molecule is CC(C)OCCN(CCN)C1CCCC1. The molecule has 1 rings (SSSR count). The maximum absolute atomic E-state index is 5.65. The highest BCUT2D eigenvalue weighted by Crippen LogP contribution is 2.22. The van der Waals surface area contributed by atoms with E-state index >= 15 is 0 Å². The zero-order valence-corrected chi connectivity index (χ0v) is 10.2.